The summed E-state index contributed by atoms with van der Waals surface area (Å²) in [5, 5.41) is 3.95. The molecule has 3 unspecified atom stereocenters. The molecule has 1 heteroatoms. The smallest absolute Gasteiger partial charge is 0.00978 e. The average molecular weight is 225 g/mol. The van der Waals surface area contributed by atoms with Gasteiger partial charge in [0.15, 0.2) is 0 Å². The molecule has 0 aromatic rings. The van der Waals surface area contributed by atoms with Crippen molar-refractivity contribution in [2.45, 2.75) is 90.6 Å². The van der Waals surface area contributed by atoms with Gasteiger partial charge in [-0.15, -0.1) is 0 Å². The van der Waals surface area contributed by atoms with Crippen LogP contribution < -0.4 is 5.32 Å². The molecule has 0 spiro atoms. The minimum absolute atomic E-state index is 0.794. The molecule has 1 N–H and O–H groups in total. The molecule has 0 radical (unpaired) electrons. The highest BCUT2D eigenvalue weighted by Gasteiger charge is 2.26. The Morgan fingerprint density at radius 2 is 1.88 bits per heavy atom. The maximum absolute atomic E-state index is 3.95. The van der Waals surface area contributed by atoms with Gasteiger partial charge in [0.1, 0.15) is 0 Å². The molecule has 0 heterocycles. The van der Waals surface area contributed by atoms with Crippen LogP contribution in [0.4, 0.5) is 0 Å². The zero-order valence-corrected chi connectivity index (χ0v) is 11.6. The number of unbranched alkanes of at least 4 members (excludes halogenated alkanes) is 1. The Balaban J connectivity index is 2.34. The molecule has 1 nitrogen and oxygen atoms in total. The monoisotopic (exact) mass is 225 g/mol. The molecular weight excluding hydrogens is 194 g/mol. The molecule has 1 fully saturated rings. The van der Waals surface area contributed by atoms with Gasteiger partial charge in [0.2, 0.25) is 0 Å². The first-order valence-corrected chi connectivity index (χ1v) is 7.57. The zero-order valence-electron chi connectivity index (χ0n) is 11.6. The van der Waals surface area contributed by atoms with E-state index in [9.17, 15) is 0 Å². The highest BCUT2D eigenvalue weighted by Crippen LogP contribution is 2.29. The standard InChI is InChI=1S/C15H31N/c1-4-7-11-14(9-5-2)16-15-12-8-10-13(15)6-3/h13-16H,4-12H2,1-3H3. The van der Waals surface area contributed by atoms with Crippen LogP contribution in [0.3, 0.4) is 0 Å². The van der Waals surface area contributed by atoms with Crippen LogP contribution in [0.25, 0.3) is 0 Å². The van der Waals surface area contributed by atoms with Crippen molar-refractivity contribution in [1.29, 1.82) is 0 Å². The van der Waals surface area contributed by atoms with Gasteiger partial charge in [-0.2, -0.15) is 0 Å². The predicted molar refractivity (Wildman–Crippen MR) is 72.8 cm³/mol. The Morgan fingerprint density at radius 3 is 2.50 bits per heavy atom. The molecule has 0 aromatic heterocycles. The summed E-state index contributed by atoms with van der Waals surface area (Å²) >= 11 is 0. The SMILES string of the molecule is CCCCC(CCC)NC1CCCC1CC. The van der Waals surface area contributed by atoms with Gasteiger partial charge >= 0.3 is 0 Å². The minimum Gasteiger partial charge on any atom is -0.311 e. The van der Waals surface area contributed by atoms with Gasteiger partial charge in [-0.05, 0) is 31.6 Å². The van der Waals surface area contributed by atoms with Gasteiger partial charge < -0.3 is 5.32 Å². The summed E-state index contributed by atoms with van der Waals surface area (Å²) in [7, 11) is 0. The van der Waals surface area contributed by atoms with Gasteiger partial charge in [0.05, 0.1) is 0 Å². The Hall–Kier alpha value is -0.0400. The maximum atomic E-state index is 3.95. The molecule has 0 aliphatic heterocycles. The highest BCUT2D eigenvalue weighted by atomic mass is 15.0. The van der Waals surface area contributed by atoms with Crippen LogP contribution in [0.15, 0.2) is 0 Å². The largest absolute Gasteiger partial charge is 0.311 e. The van der Waals surface area contributed by atoms with Crippen LogP contribution in [-0.2, 0) is 0 Å². The molecule has 16 heavy (non-hydrogen) atoms. The topological polar surface area (TPSA) is 12.0 Å². The summed E-state index contributed by atoms with van der Waals surface area (Å²) < 4.78 is 0. The average Bonchev–Trinajstić information content (AvgIpc) is 2.73. The van der Waals surface area contributed by atoms with E-state index < -0.39 is 0 Å². The van der Waals surface area contributed by atoms with Gasteiger partial charge in [0.25, 0.3) is 0 Å². The van der Waals surface area contributed by atoms with Gasteiger partial charge in [0, 0.05) is 12.1 Å². The molecule has 96 valence electrons. The second-order valence-corrected chi connectivity index (χ2v) is 5.50. The zero-order chi connectivity index (χ0) is 11.8. The number of hydrogen-bond acceptors (Lipinski definition) is 1. The van der Waals surface area contributed by atoms with E-state index >= 15 is 0 Å². The van der Waals surface area contributed by atoms with Crippen molar-refractivity contribution in [2.75, 3.05) is 0 Å². The van der Waals surface area contributed by atoms with Crippen LogP contribution in [0.1, 0.15) is 78.6 Å². The van der Waals surface area contributed by atoms with Crippen molar-refractivity contribution < 1.29 is 0 Å². The van der Waals surface area contributed by atoms with Crippen LogP contribution in [0.2, 0.25) is 0 Å². The Kier molecular flexibility index (Phi) is 7.11. The first-order chi connectivity index (χ1) is 7.81. The lowest BCUT2D eigenvalue weighted by Crippen LogP contribution is -2.40. The van der Waals surface area contributed by atoms with Gasteiger partial charge in [-0.3, -0.25) is 0 Å². The minimum atomic E-state index is 0.794. The van der Waals surface area contributed by atoms with Crippen molar-refractivity contribution in [3.63, 3.8) is 0 Å². The fraction of sp³-hybridized carbons (Fsp3) is 1.00. The molecule has 1 saturated carbocycles. The van der Waals surface area contributed by atoms with Crippen molar-refractivity contribution in [3.8, 4) is 0 Å². The normalized spacial score (nSPS) is 27.2. The number of hydrogen-bond donors (Lipinski definition) is 1. The Morgan fingerprint density at radius 1 is 1.06 bits per heavy atom. The predicted octanol–water partition coefficient (Wildman–Crippen LogP) is 4.51. The van der Waals surface area contributed by atoms with Crippen LogP contribution in [0.5, 0.6) is 0 Å². The number of rotatable bonds is 8. The van der Waals surface area contributed by atoms with E-state index in [2.05, 4.69) is 26.1 Å². The number of nitrogens with one attached hydrogen (secondary N) is 1. The lowest BCUT2D eigenvalue weighted by atomic mass is 9.97. The molecule has 0 aromatic carbocycles. The molecular formula is C15H31N. The second kappa shape index (κ2) is 8.11. The summed E-state index contributed by atoms with van der Waals surface area (Å²) in [6.45, 7) is 6.96. The Bertz CT molecular complexity index is 167. The van der Waals surface area contributed by atoms with E-state index in [4.69, 9.17) is 0 Å². The Labute approximate surface area is 102 Å². The van der Waals surface area contributed by atoms with Crippen LogP contribution >= 0.6 is 0 Å². The first kappa shape index (κ1) is 14.0. The van der Waals surface area contributed by atoms with Crippen LogP contribution in [0, 0.1) is 5.92 Å². The summed E-state index contributed by atoms with van der Waals surface area (Å²) in [4.78, 5) is 0. The molecule has 0 bridgehead atoms. The summed E-state index contributed by atoms with van der Waals surface area (Å²) in [6.07, 6.45) is 12.5. The molecule has 1 rings (SSSR count). The van der Waals surface area contributed by atoms with E-state index in [0.717, 1.165) is 18.0 Å². The third-order valence-corrected chi connectivity index (χ3v) is 4.18. The van der Waals surface area contributed by atoms with Crippen molar-refractivity contribution in [2.24, 2.45) is 5.92 Å². The van der Waals surface area contributed by atoms with Gasteiger partial charge in [-0.25, -0.2) is 0 Å². The quantitative estimate of drug-likeness (QED) is 0.640. The molecule has 1 aliphatic rings. The van der Waals surface area contributed by atoms with Crippen molar-refractivity contribution in [1.82, 2.24) is 5.32 Å². The fourth-order valence-corrected chi connectivity index (χ4v) is 3.16. The molecule has 3 atom stereocenters. The molecule has 0 amide bonds. The highest BCUT2D eigenvalue weighted by molar-refractivity contribution is 4.85. The first-order valence-electron chi connectivity index (χ1n) is 7.57. The van der Waals surface area contributed by atoms with E-state index in [0.29, 0.717) is 0 Å². The lowest BCUT2D eigenvalue weighted by Gasteiger charge is -2.26. The fourth-order valence-electron chi connectivity index (χ4n) is 3.16. The third-order valence-electron chi connectivity index (χ3n) is 4.18. The van der Waals surface area contributed by atoms with Crippen molar-refractivity contribution >= 4 is 0 Å². The van der Waals surface area contributed by atoms with Gasteiger partial charge in [-0.1, -0.05) is 52.9 Å². The van der Waals surface area contributed by atoms with E-state index in [-0.39, 0.29) is 0 Å². The van der Waals surface area contributed by atoms with Crippen LogP contribution in [-0.4, -0.2) is 12.1 Å². The second-order valence-electron chi connectivity index (χ2n) is 5.50. The van der Waals surface area contributed by atoms with E-state index in [1.165, 1.54) is 57.8 Å². The van der Waals surface area contributed by atoms with Crippen molar-refractivity contribution in [3.05, 3.63) is 0 Å². The molecule has 0 saturated heterocycles. The maximum Gasteiger partial charge on any atom is 0.00978 e. The summed E-state index contributed by atoms with van der Waals surface area (Å²) in [5.74, 6) is 0.959. The lowest BCUT2D eigenvalue weighted by molar-refractivity contribution is 0.322. The summed E-state index contributed by atoms with van der Waals surface area (Å²) in [5.41, 5.74) is 0. The molecule has 1 aliphatic carbocycles. The van der Waals surface area contributed by atoms with E-state index in [1.807, 2.05) is 0 Å². The van der Waals surface area contributed by atoms with E-state index in [1.54, 1.807) is 0 Å². The third kappa shape index (κ3) is 4.45. The summed E-state index contributed by atoms with van der Waals surface area (Å²) in [6, 6.07) is 1.63.